The lowest BCUT2D eigenvalue weighted by molar-refractivity contribution is 0.628. The van der Waals surface area contributed by atoms with Crippen molar-refractivity contribution >= 4 is 23.3 Å². The van der Waals surface area contributed by atoms with Crippen molar-refractivity contribution in [2.45, 2.75) is 39.8 Å². The van der Waals surface area contributed by atoms with Gasteiger partial charge < -0.3 is 0 Å². The van der Waals surface area contributed by atoms with E-state index in [0.29, 0.717) is 5.92 Å². The molecule has 0 saturated heterocycles. The number of hydrogen-bond donors (Lipinski definition) is 1. The van der Waals surface area contributed by atoms with Crippen LogP contribution in [0.3, 0.4) is 0 Å². The Labute approximate surface area is 111 Å². The highest BCUT2D eigenvalue weighted by Gasteiger charge is 2.32. The molecule has 0 saturated carbocycles. The van der Waals surface area contributed by atoms with Gasteiger partial charge in [0.05, 0.1) is 0 Å². The lowest BCUT2D eigenvalue weighted by Crippen LogP contribution is -2.34. The Hall–Kier alpha value is -0.170. The molecule has 0 bridgehead atoms. The summed E-state index contributed by atoms with van der Waals surface area (Å²) < 4.78 is 0. The third-order valence-corrected chi connectivity index (χ3v) is 8.99. The molecular formula is C14H24NPS. The van der Waals surface area contributed by atoms with Gasteiger partial charge in [0, 0.05) is 17.9 Å². The molecule has 0 radical (unpaired) electrons. The van der Waals surface area contributed by atoms with E-state index in [1.165, 1.54) is 5.30 Å². The van der Waals surface area contributed by atoms with Crippen LogP contribution in [0.1, 0.15) is 34.6 Å². The largest absolute Gasteiger partial charge is 0.285 e. The van der Waals surface area contributed by atoms with Gasteiger partial charge in [0.15, 0.2) is 0 Å². The van der Waals surface area contributed by atoms with Gasteiger partial charge in [-0.25, -0.2) is 0 Å². The second kappa shape index (κ2) is 5.65. The summed E-state index contributed by atoms with van der Waals surface area (Å²) in [5, 5.41) is 5.08. The first-order chi connectivity index (χ1) is 7.77. The minimum Gasteiger partial charge on any atom is -0.285 e. The molecule has 96 valence electrons. The van der Waals surface area contributed by atoms with Gasteiger partial charge >= 0.3 is 0 Å². The van der Waals surface area contributed by atoms with Crippen molar-refractivity contribution in [2.24, 2.45) is 5.92 Å². The maximum Gasteiger partial charge on any atom is 0.0455 e. The molecule has 0 aliphatic rings. The zero-order valence-corrected chi connectivity index (χ0v) is 13.2. The summed E-state index contributed by atoms with van der Waals surface area (Å²) in [5.74, 6) is 0.628. The molecule has 0 aromatic heterocycles. The molecule has 0 spiro atoms. The van der Waals surface area contributed by atoms with Crippen LogP contribution in [-0.2, 0) is 11.8 Å². The molecule has 0 aliphatic carbocycles. The van der Waals surface area contributed by atoms with Crippen LogP contribution in [0, 0.1) is 5.92 Å². The molecule has 1 nitrogen and oxygen atoms in total. The van der Waals surface area contributed by atoms with Crippen LogP contribution < -0.4 is 10.4 Å². The highest BCUT2D eigenvalue weighted by Crippen LogP contribution is 2.53. The van der Waals surface area contributed by atoms with E-state index < -0.39 is 6.19 Å². The molecule has 1 aromatic carbocycles. The quantitative estimate of drug-likeness (QED) is 0.835. The maximum absolute atomic E-state index is 6.02. The molecule has 0 heterocycles. The summed E-state index contributed by atoms with van der Waals surface area (Å²) in [7, 11) is 0. The second-order valence-electron chi connectivity index (χ2n) is 5.87. The van der Waals surface area contributed by atoms with Gasteiger partial charge in [0.1, 0.15) is 0 Å². The van der Waals surface area contributed by atoms with Crippen molar-refractivity contribution in [2.75, 3.05) is 6.54 Å². The number of hydrogen-bond acceptors (Lipinski definition) is 1. The summed E-state index contributed by atoms with van der Waals surface area (Å²) in [5.41, 5.74) is 0. The number of benzene rings is 1. The van der Waals surface area contributed by atoms with Crippen molar-refractivity contribution < 1.29 is 0 Å². The fraction of sp³-hybridized carbons (Fsp3) is 0.571. The molecule has 3 heteroatoms. The minimum atomic E-state index is -1.73. The van der Waals surface area contributed by atoms with Crippen LogP contribution in [0.4, 0.5) is 0 Å². The van der Waals surface area contributed by atoms with Gasteiger partial charge in [0.25, 0.3) is 0 Å². The highest BCUT2D eigenvalue weighted by atomic mass is 32.4. The monoisotopic (exact) mass is 269 g/mol. The molecule has 1 atom stereocenters. The van der Waals surface area contributed by atoms with Gasteiger partial charge in [0.2, 0.25) is 0 Å². The lowest BCUT2D eigenvalue weighted by Gasteiger charge is -2.37. The van der Waals surface area contributed by atoms with Gasteiger partial charge in [-0.15, -0.1) is 0 Å². The third-order valence-electron chi connectivity index (χ3n) is 2.79. The van der Waals surface area contributed by atoms with E-state index in [4.69, 9.17) is 11.8 Å². The average molecular weight is 269 g/mol. The van der Waals surface area contributed by atoms with Gasteiger partial charge in [-0.3, -0.25) is 5.09 Å². The Balaban J connectivity index is 3.08. The van der Waals surface area contributed by atoms with Crippen molar-refractivity contribution in [3.8, 4) is 0 Å². The average Bonchev–Trinajstić information content (AvgIpc) is 2.25. The number of rotatable bonds is 4. The van der Waals surface area contributed by atoms with E-state index in [1.807, 2.05) is 6.07 Å². The predicted octanol–water partition coefficient (Wildman–Crippen LogP) is 3.75. The molecule has 1 rings (SSSR count). The Morgan fingerprint density at radius 2 is 1.71 bits per heavy atom. The first-order valence-corrected chi connectivity index (χ1v) is 8.98. The summed E-state index contributed by atoms with van der Waals surface area (Å²) in [6.45, 7) is 12.2. The molecule has 0 amide bonds. The van der Waals surface area contributed by atoms with Crippen LogP contribution in [0.5, 0.6) is 0 Å². The first-order valence-electron chi connectivity index (χ1n) is 6.18. The first kappa shape index (κ1) is 14.9. The fourth-order valence-corrected chi connectivity index (χ4v) is 4.90. The van der Waals surface area contributed by atoms with E-state index >= 15 is 0 Å². The summed E-state index contributed by atoms with van der Waals surface area (Å²) in [6.07, 6.45) is -1.73. The SMILES string of the molecule is CC(C)CNP(=S)(c1ccccc1)C(C)(C)C. The van der Waals surface area contributed by atoms with Crippen molar-refractivity contribution in [3.05, 3.63) is 30.3 Å². The van der Waals surface area contributed by atoms with Gasteiger partial charge in [-0.05, 0) is 11.2 Å². The number of nitrogens with one attached hydrogen (secondary N) is 1. The Morgan fingerprint density at radius 1 is 1.18 bits per heavy atom. The zero-order chi connectivity index (χ0) is 13.1. The standard InChI is InChI=1S/C14H24NPS/c1-12(2)11-15-16(17,14(3,4)5)13-9-7-6-8-10-13/h6-10,12H,11H2,1-5H3,(H,15,17). The molecule has 17 heavy (non-hydrogen) atoms. The molecule has 1 N–H and O–H groups in total. The summed E-state index contributed by atoms with van der Waals surface area (Å²) in [4.78, 5) is 0. The predicted molar refractivity (Wildman–Crippen MR) is 83.0 cm³/mol. The molecule has 0 aliphatic heterocycles. The van der Waals surface area contributed by atoms with E-state index in [1.54, 1.807) is 0 Å². The van der Waals surface area contributed by atoms with Crippen molar-refractivity contribution in [1.82, 2.24) is 5.09 Å². The molecule has 1 aromatic rings. The van der Waals surface area contributed by atoms with Crippen molar-refractivity contribution in [1.29, 1.82) is 0 Å². The lowest BCUT2D eigenvalue weighted by atomic mass is 10.2. The Bertz CT molecular complexity index is 392. The second-order valence-corrected chi connectivity index (χ2v) is 10.9. The van der Waals surface area contributed by atoms with E-state index in [0.717, 1.165) is 6.54 Å². The Morgan fingerprint density at radius 3 is 2.12 bits per heavy atom. The topological polar surface area (TPSA) is 12.0 Å². The van der Waals surface area contributed by atoms with Crippen LogP contribution in [0.25, 0.3) is 0 Å². The fourth-order valence-electron chi connectivity index (χ4n) is 1.66. The normalized spacial score (nSPS) is 15.9. The van der Waals surface area contributed by atoms with E-state index in [2.05, 4.69) is 64.0 Å². The van der Waals surface area contributed by atoms with Gasteiger partial charge in [-0.1, -0.05) is 76.8 Å². The summed E-state index contributed by atoms with van der Waals surface area (Å²) >= 11 is 6.02. The minimum absolute atomic E-state index is 0.110. The van der Waals surface area contributed by atoms with Crippen LogP contribution >= 0.6 is 6.19 Å². The van der Waals surface area contributed by atoms with Crippen LogP contribution in [-0.4, -0.2) is 11.7 Å². The molecular weight excluding hydrogens is 245 g/mol. The Kier molecular flexibility index (Phi) is 4.95. The van der Waals surface area contributed by atoms with E-state index in [-0.39, 0.29) is 5.16 Å². The summed E-state index contributed by atoms with van der Waals surface area (Å²) in [6, 6.07) is 10.5. The smallest absolute Gasteiger partial charge is 0.0455 e. The molecule has 1 unspecified atom stereocenters. The molecule has 0 fully saturated rings. The highest BCUT2D eigenvalue weighted by molar-refractivity contribution is 8.18. The zero-order valence-electron chi connectivity index (χ0n) is 11.5. The van der Waals surface area contributed by atoms with Crippen LogP contribution in [0.15, 0.2) is 30.3 Å². The third kappa shape index (κ3) is 3.64. The van der Waals surface area contributed by atoms with Gasteiger partial charge in [-0.2, -0.15) is 0 Å². The van der Waals surface area contributed by atoms with Crippen molar-refractivity contribution in [3.63, 3.8) is 0 Å². The van der Waals surface area contributed by atoms with E-state index in [9.17, 15) is 0 Å². The maximum atomic E-state index is 6.02. The van der Waals surface area contributed by atoms with Crippen LogP contribution in [0.2, 0.25) is 0 Å².